The maximum absolute atomic E-state index is 10.9. The van der Waals surface area contributed by atoms with E-state index in [1.54, 1.807) is 0 Å². The Morgan fingerprint density at radius 1 is 1.00 bits per heavy atom. The minimum absolute atomic E-state index is 0.153. The predicted molar refractivity (Wildman–Crippen MR) is 124 cm³/mol. The molecule has 0 spiro atoms. The Kier molecular flexibility index (Phi) is 6.20. The highest BCUT2D eigenvalue weighted by Gasteiger charge is 2.24. The zero-order chi connectivity index (χ0) is 21.9. The summed E-state index contributed by atoms with van der Waals surface area (Å²) in [5.41, 5.74) is 3.05. The van der Waals surface area contributed by atoms with Crippen molar-refractivity contribution in [3.63, 3.8) is 0 Å². The second kappa shape index (κ2) is 9.40. The molecule has 2 aliphatic rings. The minimum Gasteiger partial charge on any atom is -0.493 e. The van der Waals surface area contributed by atoms with Gasteiger partial charge in [-0.25, -0.2) is 4.98 Å². The molecule has 5 rings (SSSR count). The fourth-order valence-electron chi connectivity index (χ4n) is 4.52. The minimum atomic E-state index is 0.153. The standard InChI is InChI=1S/C23H32N8O/c1-28-12-14-29(15-13-28)10-5-9-24-22-26-23-25-20-8-11-30(16-18-6-3-2-4-7-18)17-19(20)21(32)31(23)27-22/h2-4,6-7,32H,5,8-17H2,1H3,(H,24,27). The van der Waals surface area contributed by atoms with E-state index in [1.807, 2.05) is 6.07 Å². The van der Waals surface area contributed by atoms with Crippen LogP contribution in [-0.2, 0) is 19.5 Å². The molecule has 2 aliphatic heterocycles. The van der Waals surface area contributed by atoms with Crippen LogP contribution >= 0.6 is 0 Å². The number of hydrogen-bond donors (Lipinski definition) is 2. The van der Waals surface area contributed by atoms with E-state index in [0.29, 0.717) is 18.3 Å². The summed E-state index contributed by atoms with van der Waals surface area (Å²) in [5.74, 6) is 1.13. The van der Waals surface area contributed by atoms with Gasteiger partial charge in [-0.3, -0.25) is 4.90 Å². The number of benzene rings is 1. The lowest BCUT2D eigenvalue weighted by Crippen LogP contribution is -2.44. The molecule has 0 saturated carbocycles. The third-order valence-corrected chi connectivity index (χ3v) is 6.47. The average molecular weight is 437 g/mol. The van der Waals surface area contributed by atoms with Crippen LogP contribution < -0.4 is 5.32 Å². The third kappa shape index (κ3) is 4.69. The number of anilines is 1. The van der Waals surface area contributed by atoms with E-state index in [9.17, 15) is 5.11 Å². The molecule has 2 aromatic heterocycles. The van der Waals surface area contributed by atoms with E-state index >= 15 is 0 Å². The van der Waals surface area contributed by atoms with Crippen LogP contribution in [0.5, 0.6) is 5.88 Å². The normalized spacial score (nSPS) is 18.2. The number of likely N-dealkylation sites (N-methyl/N-ethyl adjacent to an activating group) is 1. The molecule has 9 heteroatoms. The van der Waals surface area contributed by atoms with Crippen LogP contribution in [0.3, 0.4) is 0 Å². The maximum atomic E-state index is 10.9. The molecule has 1 aromatic carbocycles. The molecule has 0 aliphatic carbocycles. The summed E-state index contributed by atoms with van der Waals surface area (Å²) in [6.45, 7) is 8.84. The highest BCUT2D eigenvalue weighted by atomic mass is 16.3. The first kappa shape index (κ1) is 21.1. The van der Waals surface area contributed by atoms with Crippen molar-refractivity contribution in [2.24, 2.45) is 0 Å². The van der Waals surface area contributed by atoms with Gasteiger partial charge in [0.25, 0.3) is 5.78 Å². The number of rotatable bonds is 7. The molecule has 32 heavy (non-hydrogen) atoms. The van der Waals surface area contributed by atoms with Crippen LogP contribution in [0.25, 0.3) is 5.78 Å². The van der Waals surface area contributed by atoms with Gasteiger partial charge in [-0.15, -0.1) is 5.10 Å². The van der Waals surface area contributed by atoms with Crippen LogP contribution in [0.15, 0.2) is 30.3 Å². The Morgan fingerprint density at radius 3 is 2.62 bits per heavy atom. The van der Waals surface area contributed by atoms with Gasteiger partial charge in [0, 0.05) is 64.3 Å². The summed E-state index contributed by atoms with van der Waals surface area (Å²) in [4.78, 5) is 16.4. The Morgan fingerprint density at radius 2 is 1.81 bits per heavy atom. The van der Waals surface area contributed by atoms with Crippen LogP contribution in [-0.4, -0.2) is 92.2 Å². The average Bonchev–Trinajstić information content (AvgIpc) is 3.22. The van der Waals surface area contributed by atoms with Crippen molar-refractivity contribution in [2.45, 2.75) is 25.9 Å². The quantitative estimate of drug-likeness (QED) is 0.538. The summed E-state index contributed by atoms with van der Waals surface area (Å²) < 4.78 is 1.47. The number of nitrogens with zero attached hydrogens (tertiary/aromatic N) is 7. The van der Waals surface area contributed by atoms with Gasteiger partial charge in [-0.2, -0.15) is 9.50 Å². The second-order valence-corrected chi connectivity index (χ2v) is 8.88. The topological polar surface area (TPSA) is 85.1 Å². The molecule has 1 saturated heterocycles. The lowest BCUT2D eigenvalue weighted by molar-refractivity contribution is 0.154. The number of nitrogens with one attached hydrogen (secondary N) is 1. The summed E-state index contributed by atoms with van der Waals surface area (Å²) in [6.07, 6.45) is 1.83. The largest absolute Gasteiger partial charge is 0.493 e. The van der Waals surface area contributed by atoms with E-state index in [1.165, 1.54) is 10.1 Å². The fraction of sp³-hybridized carbons (Fsp3) is 0.522. The zero-order valence-corrected chi connectivity index (χ0v) is 18.7. The third-order valence-electron chi connectivity index (χ3n) is 6.47. The molecule has 0 unspecified atom stereocenters. The summed E-state index contributed by atoms with van der Waals surface area (Å²) in [7, 11) is 2.18. The van der Waals surface area contributed by atoms with Crippen molar-refractivity contribution in [3.8, 4) is 5.88 Å². The van der Waals surface area contributed by atoms with Gasteiger partial charge >= 0.3 is 0 Å². The Labute approximate surface area is 188 Å². The molecule has 0 bridgehead atoms. The second-order valence-electron chi connectivity index (χ2n) is 8.88. The van der Waals surface area contributed by atoms with Gasteiger partial charge in [0.15, 0.2) is 0 Å². The number of piperazine rings is 1. The van der Waals surface area contributed by atoms with Gasteiger partial charge in [-0.05, 0) is 25.6 Å². The highest BCUT2D eigenvalue weighted by Crippen LogP contribution is 2.27. The van der Waals surface area contributed by atoms with Gasteiger partial charge in [0.1, 0.15) is 0 Å². The highest BCUT2D eigenvalue weighted by molar-refractivity contribution is 5.45. The molecule has 0 radical (unpaired) electrons. The Balaban J connectivity index is 1.21. The predicted octanol–water partition coefficient (Wildman–Crippen LogP) is 1.44. The van der Waals surface area contributed by atoms with E-state index in [4.69, 9.17) is 4.98 Å². The smallest absolute Gasteiger partial charge is 0.257 e. The fourth-order valence-corrected chi connectivity index (χ4v) is 4.52. The van der Waals surface area contributed by atoms with Gasteiger partial charge < -0.3 is 20.2 Å². The Hall–Kier alpha value is -2.75. The van der Waals surface area contributed by atoms with E-state index in [-0.39, 0.29) is 5.88 Å². The first-order valence-electron chi connectivity index (χ1n) is 11.5. The Bertz CT molecular complexity index is 1050. The molecular weight excluding hydrogens is 404 g/mol. The lowest BCUT2D eigenvalue weighted by Gasteiger charge is -2.32. The molecule has 9 nitrogen and oxygen atoms in total. The zero-order valence-electron chi connectivity index (χ0n) is 18.7. The monoisotopic (exact) mass is 436 g/mol. The van der Waals surface area contributed by atoms with Gasteiger partial charge in [0.05, 0.1) is 5.69 Å². The van der Waals surface area contributed by atoms with Crippen LogP contribution in [0, 0.1) is 0 Å². The SMILES string of the molecule is CN1CCN(CCCNc2nc3nc4c(c(O)n3n2)CN(Cc2ccccc2)CC4)CC1. The first-order chi connectivity index (χ1) is 15.7. The van der Waals surface area contributed by atoms with E-state index < -0.39 is 0 Å². The van der Waals surface area contributed by atoms with E-state index in [2.05, 4.69) is 61.4 Å². The molecule has 170 valence electrons. The van der Waals surface area contributed by atoms with Gasteiger partial charge in [-0.1, -0.05) is 30.3 Å². The summed E-state index contributed by atoms with van der Waals surface area (Å²) in [5, 5.41) is 18.7. The van der Waals surface area contributed by atoms with Crippen LogP contribution in [0.2, 0.25) is 0 Å². The number of aromatic hydroxyl groups is 1. The molecule has 3 aromatic rings. The maximum Gasteiger partial charge on any atom is 0.257 e. The number of hydrogen-bond acceptors (Lipinski definition) is 8. The molecule has 0 amide bonds. The molecule has 2 N–H and O–H groups in total. The lowest BCUT2D eigenvalue weighted by atomic mass is 10.1. The summed E-state index contributed by atoms with van der Waals surface area (Å²) in [6, 6.07) is 10.4. The first-order valence-corrected chi connectivity index (χ1v) is 11.5. The molecular formula is C23H32N8O. The van der Waals surface area contributed by atoms with Crippen molar-refractivity contribution in [2.75, 3.05) is 58.2 Å². The van der Waals surface area contributed by atoms with E-state index in [0.717, 1.165) is 76.5 Å². The van der Waals surface area contributed by atoms with Crippen molar-refractivity contribution < 1.29 is 5.11 Å². The number of fused-ring (bicyclic) bond motifs is 2. The summed E-state index contributed by atoms with van der Waals surface area (Å²) >= 11 is 0. The van der Waals surface area contributed by atoms with Crippen LogP contribution in [0.4, 0.5) is 5.95 Å². The molecule has 0 atom stereocenters. The molecule has 1 fully saturated rings. The number of aromatic nitrogens is 4. The van der Waals surface area contributed by atoms with Crippen molar-refractivity contribution >= 4 is 11.7 Å². The van der Waals surface area contributed by atoms with Crippen molar-refractivity contribution in [1.29, 1.82) is 0 Å². The molecule has 4 heterocycles. The van der Waals surface area contributed by atoms with Crippen molar-refractivity contribution in [3.05, 3.63) is 47.2 Å². The van der Waals surface area contributed by atoms with Gasteiger partial charge in [0.2, 0.25) is 11.8 Å². The van der Waals surface area contributed by atoms with Crippen molar-refractivity contribution in [1.82, 2.24) is 34.3 Å². The van der Waals surface area contributed by atoms with Crippen LogP contribution in [0.1, 0.15) is 23.2 Å².